The Balaban J connectivity index is 2.08. The van der Waals surface area contributed by atoms with Gasteiger partial charge in [0.05, 0.1) is 6.20 Å². The third-order valence-electron chi connectivity index (χ3n) is 1.88. The topological polar surface area (TPSA) is 43.8 Å². The van der Waals surface area contributed by atoms with Crippen molar-refractivity contribution in [1.29, 1.82) is 0 Å². The van der Waals surface area contributed by atoms with Crippen LogP contribution in [-0.2, 0) is 6.54 Å². The molecule has 0 amide bonds. The van der Waals surface area contributed by atoms with E-state index in [-0.39, 0.29) is 0 Å². The maximum atomic E-state index is 5.62. The summed E-state index contributed by atoms with van der Waals surface area (Å²) < 4.78 is 1.87. The van der Waals surface area contributed by atoms with Crippen LogP contribution in [0.15, 0.2) is 12.3 Å². The lowest BCUT2D eigenvalue weighted by Crippen LogP contribution is -2.05. The number of hydrogen-bond donors (Lipinski definition) is 1. The summed E-state index contributed by atoms with van der Waals surface area (Å²) in [5, 5.41) is 4.09. The summed E-state index contributed by atoms with van der Waals surface area (Å²) in [6, 6.07) is 1.84. The van der Waals surface area contributed by atoms with Crippen LogP contribution >= 0.6 is 0 Å². The molecule has 1 heterocycles. The first-order chi connectivity index (χ1) is 4.86. The molecule has 0 bridgehead atoms. The maximum Gasteiger partial charge on any atom is 0.121 e. The van der Waals surface area contributed by atoms with E-state index in [4.69, 9.17) is 5.73 Å². The van der Waals surface area contributed by atoms with E-state index in [1.165, 1.54) is 12.8 Å². The van der Waals surface area contributed by atoms with Crippen LogP contribution in [0, 0.1) is 5.92 Å². The normalized spacial score (nSPS) is 17.6. The molecule has 1 saturated carbocycles. The van der Waals surface area contributed by atoms with Crippen molar-refractivity contribution in [3.05, 3.63) is 12.3 Å². The lowest BCUT2D eigenvalue weighted by atomic mass is 10.4. The minimum Gasteiger partial charge on any atom is -0.384 e. The van der Waals surface area contributed by atoms with Gasteiger partial charge in [-0.2, -0.15) is 5.10 Å². The van der Waals surface area contributed by atoms with E-state index in [0.717, 1.165) is 18.3 Å². The zero-order valence-corrected chi connectivity index (χ0v) is 5.83. The van der Waals surface area contributed by atoms with Gasteiger partial charge in [-0.25, -0.2) is 4.68 Å². The van der Waals surface area contributed by atoms with Crippen LogP contribution in [0.3, 0.4) is 0 Å². The molecule has 3 nitrogen and oxygen atoms in total. The predicted molar refractivity (Wildman–Crippen MR) is 39.4 cm³/mol. The highest BCUT2D eigenvalue weighted by Gasteiger charge is 2.22. The molecule has 0 atom stereocenters. The van der Waals surface area contributed by atoms with Crippen molar-refractivity contribution >= 4 is 5.82 Å². The van der Waals surface area contributed by atoms with Gasteiger partial charge in [0.2, 0.25) is 0 Å². The Kier molecular flexibility index (Phi) is 1.16. The van der Waals surface area contributed by atoms with E-state index in [1.807, 2.05) is 10.7 Å². The molecule has 0 radical (unpaired) electrons. The quantitative estimate of drug-likeness (QED) is 0.657. The van der Waals surface area contributed by atoms with Gasteiger partial charge in [0, 0.05) is 6.54 Å². The molecule has 1 aliphatic rings. The fraction of sp³-hybridized carbons (Fsp3) is 0.571. The van der Waals surface area contributed by atoms with E-state index in [1.54, 1.807) is 6.20 Å². The highest BCUT2D eigenvalue weighted by Crippen LogP contribution is 2.30. The Labute approximate surface area is 59.8 Å². The van der Waals surface area contributed by atoms with Gasteiger partial charge < -0.3 is 5.73 Å². The van der Waals surface area contributed by atoms with Crippen LogP contribution in [0.25, 0.3) is 0 Å². The fourth-order valence-electron chi connectivity index (χ4n) is 1.04. The lowest BCUT2D eigenvalue weighted by molar-refractivity contribution is 0.571. The Bertz CT molecular complexity index is 225. The van der Waals surface area contributed by atoms with Crippen LogP contribution in [-0.4, -0.2) is 9.78 Å². The average Bonchev–Trinajstić information content (AvgIpc) is 2.62. The first-order valence-electron chi connectivity index (χ1n) is 3.63. The molecule has 0 saturated heterocycles. The van der Waals surface area contributed by atoms with Gasteiger partial charge in [-0.05, 0) is 24.8 Å². The van der Waals surface area contributed by atoms with Crippen molar-refractivity contribution in [3.8, 4) is 0 Å². The second-order valence-electron chi connectivity index (χ2n) is 2.88. The minimum atomic E-state index is 0.784. The molecule has 0 spiro atoms. The number of nitrogens with zero attached hydrogens (tertiary/aromatic N) is 2. The zero-order valence-electron chi connectivity index (χ0n) is 5.83. The Morgan fingerprint density at radius 1 is 1.70 bits per heavy atom. The maximum absolute atomic E-state index is 5.62. The van der Waals surface area contributed by atoms with Crippen molar-refractivity contribution in [1.82, 2.24) is 9.78 Å². The Morgan fingerprint density at radius 3 is 3.00 bits per heavy atom. The average molecular weight is 137 g/mol. The van der Waals surface area contributed by atoms with Crippen LogP contribution in [0.5, 0.6) is 0 Å². The van der Waals surface area contributed by atoms with Crippen LogP contribution in [0.1, 0.15) is 12.8 Å². The van der Waals surface area contributed by atoms with Crippen molar-refractivity contribution in [2.75, 3.05) is 5.73 Å². The molecule has 10 heavy (non-hydrogen) atoms. The molecule has 0 aliphatic heterocycles. The number of anilines is 1. The van der Waals surface area contributed by atoms with Crippen LogP contribution in [0.4, 0.5) is 5.82 Å². The van der Waals surface area contributed by atoms with E-state index < -0.39 is 0 Å². The van der Waals surface area contributed by atoms with E-state index in [9.17, 15) is 0 Å². The van der Waals surface area contributed by atoms with Gasteiger partial charge in [-0.15, -0.1) is 0 Å². The van der Waals surface area contributed by atoms with Crippen LogP contribution in [0.2, 0.25) is 0 Å². The molecular weight excluding hydrogens is 126 g/mol. The number of aromatic nitrogens is 2. The molecule has 1 fully saturated rings. The summed E-state index contributed by atoms with van der Waals surface area (Å²) >= 11 is 0. The third-order valence-corrected chi connectivity index (χ3v) is 1.88. The van der Waals surface area contributed by atoms with Crippen molar-refractivity contribution in [3.63, 3.8) is 0 Å². The van der Waals surface area contributed by atoms with Crippen molar-refractivity contribution in [2.45, 2.75) is 19.4 Å². The largest absolute Gasteiger partial charge is 0.384 e. The second kappa shape index (κ2) is 2.01. The molecule has 3 heteroatoms. The second-order valence-corrected chi connectivity index (χ2v) is 2.88. The van der Waals surface area contributed by atoms with Crippen LogP contribution < -0.4 is 5.73 Å². The summed E-state index contributed by atoms with van der Waals surface area (Å²) in [5.41, 5.74) is 5.62. The summed E-state index contributed by atoms with van der Waals surface area (Å²) in [6.07, 6.45) is 4.44. The fourth-order valence-corrected chi connectivity index (χ4v) is 1.04. The number of nitrogen functional groups attached to an aromatic ring is 1. The monoisotopic (exact) mass is 137 g/mol. The smallest absolute Gasteiger partial charge is 0.121 e. The molecular formula is C7H11N3. The summed E-state index contributed by atoms with van der Waals surface area (Å²) in [4.78, 5) is 0. The van der Waals surface area contributed by atoms with Gasteiger partial charge in [0.1, 0.15) is 5.82 Å². The predicted octanol–water partition coefficient (Wildman–Crippen LogP) is 0.875. The van der Waals surface area contributed by atoms with Crippen molar-refractivity contribution < 1.29 is 0 Å². The first kappa shape index (κ1) is 5.77. The molecule has 0 unspecified atom stereocenters. The summed E-state index contributed by atoms with van der Waals surface area (Å²) in [5.74, 6) is 1.63. The molecule has 1 aromatic rings. The molecule has 2 N–H and O–H groups in total. The van der Waals surface area contributed by atoms with E-state index in [0.29, 0.717) is 0 Å². The Morgan fingerprint density at radius 2 is 2.50 bits per heavy atom. The first-order valence-corrected chi connectivity index (χ1v) is 3.63. The minimum absolute atomic E-state index is 0.784. The summed E-state index contributed by atoms with van der Waals surface area (Å²) in [6.45, 7) is 1.01. The molecule has 2 rings (SSSR count). The number of hydrogen-bond acceptors (Lipinski definition) is 2. The van der Waals surface area contributed by atoms with Gasteiger partial charge in [-0.1, -0.05) is 0 Å². The highest BCUT2D eigenvalue weighted by atomic mass is 15.3. The zero-order chi connectivity index (χ0) is 6.97. The Hall–Kier alpha value is -0.990. The number of rotatable bonds is 2. The SMILES string of the molecule is Nc1ccnn1CC1CC1. The van der Waals surface area contributed by atoms with Gasteiger partial charge in [-0.3, -0.25) is 0 Å². The van der Waals surface area contributed by atoms with E-state index >= 15 is 0 Å². The van der Waals surface area contributed by atoms with Crippen molar-refractivity contribution in [2.24, 2.45) is 5.92 Å². The molecule has 0 aromatic carbocycles. The molecule has 1 aliphatic carbocycles. The van der Waals surface area contributed by atoms with Gasteiger partial charge in [0.25, 0.3) is 0 Å². The highest BCUT2D eigenvalue weighted by molar-refractivity contribution is 5.25. The molecule has 1 aromatic heterocycles. The van der Waals surface area contributed by atoms with Gasteiger partial charge >= 0.3 is 0 Å². The van der Waals surface area contributed by atoms with E-state index in [2.05, 4.69) is 5.10 Å². The number of nitrogens with two attached hydrogens (primary N) is 1. The lowest BCUT2D eigenvalue weighted by Gasteiger charge is -1.99. The van der Waals surface area contributed by atoms with Gasteiger partial charge in [0.15, 0.2) is 0 Å². The molecule has 54 valence electrons. The standard InChI is InChI=1S/C7H11N3/c8-7-3-4-9-10(7)5-6-1-2-6/h3-4,6H,1-2,5,8H2. The third kappa shape index (κ3) is 0.988. The summed E-state index contributed by atoms with van der Waals surface area (Å²) in [7, 11) is 0.